The van der Waals surface area contributed by atoms with E-state index in [1.54, 1.807) is 25.1 Å². The minimum Gasteiger partial charge on any atom is -0.389 e. The van der Waals surface area contributed by atoms with Crippen LogP contribution in [0.25, 0.3) is 0 Å². The van der Waals surface area contributed by atoms with Gasteiger partial charge in [-0.2, -0.15) is 0 Å². The molecule has 2 aromatic rings. The summed E-state index contributed by atoms with van der Waals surface area (Å²) in [5.74, 6) is -0.414. The highest BCUT2D eigenvalue weighted by molar-refractivity contribution is 7.89. The molecule has 0 saturated heterocycles. The molecule has 0 fully saturated rings. The molecule has 112 valence electrons. The number of hydrogen-bond donors (Lipinski definition) is 2. The number of aliphatic hydroxyl groups excluding tert-OH is 1. The van der Waals surface area contributed by atoms with Crippen molar-refractivity contribution in [3.05, 3.63) is 65.5 Å². The smallest absolute Gasteiger partial charge is 0.240 e. The van der Waals surface area contributed by atoms with Crippen LogP contribution in [-0.4, -0.2) is 13.5 Å². The van der Waals surface area contributed by atoms with Gasteiger partial charge in [0.1, 0.15) is 5.82 Å². The zero-order chi connectivity index (χ0) is 15.5. The summed E-state index contributed by atoms with van der Waals surface area (Å²) < 4.78 is 39.8. The molecule has 0 radical (unpaired) electrons. The minimum absolute atomic E-state index is 0.000993. The van der Waals surface area contributed by atoms with E-state index in [1.165, 1.54) is 30.3 Å². The van der Waals surface area contributed by atoms with Crippen molar-refractivity contribution in [3.8, 4) is 0 Å². The van der Waals surface area contributed by atoms with Crippen molar-refractivity contribution in [3.63, 3.8) is 0 Å². The molecule has 2 aromatic carbocycles. The Morgan fingerprint density at radius 1 is 1.19 bits per heavy atom. The maximum Gasteiger partial charge on any atom is 0.240 e. The topological polar surface area (TPSA) is 66.4 Å². The highest BCUT2D eigenvalue weighted by atomic mass is 32.2. The molecule has 4 nitrogen and oxygen atoms in total. The van der Waals surface area contributed by atoms with E-state index >= 15 is 0 Å². The number of sulfonamides is 1. The van der Waals surface area contributed by atoms with E-state index in [2.05, 4.69) is 4.72 Å². The third kappa shape index (κ3) is 4.10. The first-order chi connectivity index (χ1) is 9.88. The van der Waals surface area contributed by atoms with E-state index in [0.717, 1.165) is 0 Å². The first kappa shape index (κ1) is 15.6. The highest BCUT2D eigenvalue weighted by Crippen LogP contribution is 2.17. The number of aliphatic hydroxyl groups is 1. The second-order valence-electron chi connectivity index (χ2n) is 4.70. The molecule has 1 atom stereocenters. The molecule has 0 aromatic heterocycles. The lowest BCUT2D eigenvalue weighted by Gasteiger charge is -2.10. The van der Waals surface area contributed by atoms with Crippen molar-refractivity contribution in [1.29, 1.82) is 0 Å². The van der Waals surface area contributed by atoms with Gasteiger partial charge in [0.15, 0.2) is 0 Å². The summed E-state index contributed by atoms with van der Waals surface area (Å²) in [5.41, 5.74) is 1.05. The Morgan fingerprint density at radius 3 is 2.57 bits per heavy atom. The normalized spacial score (nSPS) is 13.1. The number of rotatable bonds is 5. The largest absolute Gasteiger partial charge is 0.389 e. The summed E-state index contributed by atoms with van der Waals surface area (Å²) in [4.78, 5) is 0.0669. The van der Waals surface area contributed by atoms with Crippen molar-refractivity contribution in [1.82, 2.24) is 4.72 Å². The van der Waals surface area contributed by atoms with Crippen molar-refractivity contribution in [2.24, 2.45) is 0 Å². The van der Waals surface area contributed by atoms with E-state index in [9.17, 15) is 17.9 Å². The number of halogens is 1. The summed E-state index contributed by atoms with van der Waals surface area (Å²) >= 11 is 0. The van der Waals surface area contributed by atoms with Gasteiger partial charge in [0, 0.05) is 6.54 Å². The Balaban J connectivity index is 2.17. The van der Waals surface area contributed by atoms with Crippen molar-refractivity contribution in [2.75, 3.05) is 0 Å². The Morgan fingerprint density at radius 2 is 1.90 bits per heavy atom. The lowest BCUT2D eigenvalue weighted by Crippen LogP contribution is -2.23. The molecule has 0 spiro atoms. The monoisotopic (exact) mass is 309 g/mol. The molecule has 6 heteroatoms. The fraction of sp³-hybridized carbons (Fsp3) is 0.200. The predicted octanol–water partition coefficient (Wildman–Crippen LogP) is 2.36. The van der Waals surface area contributed by atoms with E-state index in [0.29, 0.717) is 11.1 Å². The van der Waals surface area contributed by atoms with E-state index in [4.69, 9.17) is 0 Å². The Labute approximate surface area is 123 Å². The first-order valence-corrected chi connectivity index (χ1v) is 7.89. The maximum absolute atomic E-state index is 13.0. The van der Waals surface area contributed by atoms with Crippen LogP contribution >= 0.6 is 0 Å². The third-order valence-corrected chi connectivity index (χ3v) is 4.41. The second kappa shape index (κ2) is 6.34. The molecular weight excluding hydrogens is 293 g/mol. The van der Waals surface area contributed by atoms with Crippen molar-refractivity contribution < 1.29 is 17.9 Å². The zero-order valence-corrected chi connectivity index (χ0v) is 12.3. The molecule has 21 heavy (non-hydrogen) atoms. The number of nitrogens with one attached hydrogen (secondary N) is 1. The molecule has 0 aliphatic carbocycles. The fourth-order valence-electron chi connectivity index (χ4n) is 1.85. The second-order valence-corrected chi connectivity index (χ2v) is 6.47. The van der Waals surface area contributed by atoms with Crippen LogP contribution in [0.4, 0.5) is 4.39 Å². The Hall–Kier alpha value is -1.76. The van der Waals surface area contributed by atoms with E-state index in [1.807, 2.05) is 0 Å². The summed E-state index contributed by atoms with van der Waals surface area (Å²) in [6.45, 7) is 1.56. The minimum atomic E-state index is -3.71. The summed E-state index contributed by atoms with van der Waals surface area (Å²) in [5, 5.41) is 9.50. The first-order valence-electron chi connectivity index (χ1n) is 6.40. The van der Waals surface area contributed by atoms with Crippen LogP contribution in [0.15, 0.2) is 53.4 Å². The SMILES string of the molecule is CC(O)c1cccc(S(=O)(=O)NCc2cccc(F)c2)c1. The molecule has 0 amide bonds. The van der Waals surface area contributed by atoms with Gasteiger partial charge in [0.25, 0.3) is 0 Å². The lowest BCUT2D eigenvalue weighted by atomic mass is 10.1. The predicted molar refractivity (Wildman–Crippen MR) is 77.5 cm³/mol. The lowest BCUT2D eigenvalue weighted by molar-refractivity contribution is 0.199. The van der Waals surface area contributed by atoms with Gasteiger partial charge in [0.2, 0.25) is 10.0 Å². The van der Waals surface area contributed by atoms with Gasteiger partial charge in [-0.3, -0.25) is 0 Å². The van der Waals surface area contributed by atoms with Crippen LogP contribution in [0, 0.1) is 5.82 Å². The van der Waals surface area contributed by atoms with Gasteiger partial charge < -0.3 is 5.11 Å². The molecule has 0 aliphatic rings. The van der Waals surface area contributed by atoms with Gasteiger partial charge in [0.05, 0.1) is 11.0 Å². The molecule has 0 aliphatic heterocycles. The third-order valence-electron chi connectivity index (χ3n) is 3.01. The molecular formula is C15H16FNO3S. The van der Waals surface area contributed by atoms with Crippen molar-refractivity contribution in [2.45, 2.75) is 24.5 Å². The summed E-state index contributed by atoms with van der Waals surface area (Å²) in [7, 11) is -3.71. The molecule has 1 unspecified atom stereocenters. The van der Waals surface area contributed by atoms with Crippen LogP contribution < -0.4 is 4.72 Å². The van der Waals surface area contributed by atoms with Gasteiger partial charge in [-0.05, 0) is 42.3 Å². The molecule has 0 bridgehead atoms. The average Bonchev–Trinajstić information content (AvgIpc) is 2.45. The number of benzene rings is 2. The summed E-state index contributed by atoms with van der Waals surface area (Å²) in [6, 6.07) is 11.8. The maximum atomic E-state index is 13.0. The van der Waals surface area contributed by atoms with Crippen LogP contribution in [0.3, 0.4) is 0 Å². The van der Waals surface area contributed by atoms with Gasteiger partial charge >= 0.3 is 0 Å². The van der Waals surface area contributed by atoms with Crippen LogP contribution in [-0.2, 0) is 16.6 Å². The van der Waals surface area contributed by atoms with Gasteiger partial charge in [-0.1, -0.05) is 24.3 Å². The van der Waals surface area contributed by atoms with E-state index in [-0.39, 0.29) is 11.4 Å². The summed E-state index contributed by atoms with van der Waals surface area (Å²) in [6.07, 6.45) is -0.747. The molecule has 2 rings (SSSR count). The van der Waals surface area contributed by atoms with Crippen molar-refractivity contribution >= 4 is 10.0 Å². The average molecular weight is 309 g/mol. The van der Waals surface area contributed by atoms with Crippen LogP contribution in [0.1, 0.15) is 24.2 Å². The van der Waals surface area contributed by atoms with Crippen LogP contribution in [0.2, 0.25) is 0 Å². The fourth-order valence-corrected chi connectivity index (χ4v) is 2.92. The van der Waals surface area contributed by atoms with Gasteiger partial charge in [-0.15, -0.1) is 0 Å². The standard InChI is InChI=1S/C15H16FNO3S/c1-11(18)13-5-3-7-15(9-13)21(19,20)17-10-12-4-2-6-14(16)8-12/h2-9,11,17-18H,10H2,1H3. The Bertz CT molecular complexity index is 729. The van der Waals surface area contributed by atoms with E-state index < -0.39 is 21.9 Å². The molecule has 2 N–H and O–H groups in total. The molecule has 0 heterocycles. The highest BCUT2D eigenvalue weighted by Gasteiger charge is 2.15. The molecule has 0 saturated carbocycles. The Kier molecular flexibility index (Phi) is 4.72. The zero-order valence-electron chi connectivity index (χ0n) is 11.5. The number of hydrogen-bond acceptors (Lipinski definition) is 3. The van der Waals surface area contributed by atoms with Crippen LogP contribution in [0.5, 0.6) is 0 Å². The quantitative estimate of drug-likeness (QED) is 0.891. The van der Waals surface area contributed by atoms with Gasteiger partial charge in [-0.25, -0.2) is 17.5 Å².